The first-order valence-corrected chi connectivity index (χ1v) is 11.8. The molecule has 0 saturated heterocycles. The highest BCUT2D eigenvalue weighted by atomic mass is 127. The van der Waals surface area contributed by atoms with E-state index in [0.29, 0.717) is 29.5 Å². The van der Waals surface area contributed by atoms with Crippen molar-refractivity contribution in [3.63, 3.8) is 0 Å². The number of rotatable bonds is 7. The predicted octanol–water partition coefficient (Wildman–Crippen LogP) is 2.77. The quantitative estimate of drug-likeness (QED) is 0.340. The summed E-state index contributed by atoms with van der Waals surface area (Å²) in [5.41, 5.74) is 8.15. The lowest BCUT2D eigenvalue weighted by Crippen LogP contribution is -2.35. The smallest absolute Gasteiger partial charge is 0.264 e. The number of ether oxygens (including phenoxy) is 1. The minimum atomic E-state index is -0.0616. The lowest BCUT2D eigenvalue weighted by Gasteiger charge is -2.26. The molecule has 164 valence electrons. The molecule has 1 amide bonds. The van der Waals surface area contributed by atoms with Gasteiger partial charge in [-0.3, -0.25) is 4.79 Å². The molecule has 0 unspecified atom stereocenters. The van der Waals surface area contributed by atoms with Gasteiger partial charge in [-0.1, -0.05) is 25.6 Å². The van der Waals surface area contributed by atoms with Gasteiger partial charge < -0.3 is 25.3 Å². The van der Waals surface area contributed by atoms with E-state index >= 15 is 0 Å². The maximum absolute atomic E-state index is 11.9. The molecule has 1 aliphatic heterocycles. The van der Waals surface area contributed by atoms with Crippen LogP contribution in [0, 0.1) is 9.49 Å². The van der Waals surface area contributed by atoms with Crippen LogP contribution in [0.2, 0.25) is 0 Å². The molecule has 1 aliphatic rings. The summed E-state index contributed by atoms with van der Waals surface area (Å²) in [4.78, 5) is 27.8. The third kappa shape index (κ3) is 4.58. The van der Waals surface area contributed by atoms with Gasteiger partial charge in [0, 0.05) is 28.6 Å². The normalized spacial score (nSPS) is 13.7. The second-order valence-corrected chi connectivity index (χ2v) is 9.84. The standard InChI is InChI=1S/C20H24IN7O2S/c1-11(2)8-23-4-5-28-19-17(18(22)24-10-25-19)26-20(28)31-15-7-14-13(6-12(15)21)27(3)16(29)9-30-14/h6-7,10-11,23H,4-5,8-9H2,1-3H3,(H2,22,24,25). The highest BCUT2D eigenvalue weighted by Gasteiger charge is 2.25. The number of aromatic nitrogens is 4. The highest BCUT2D eigenvalue weighted by molar-refractivity contribution is 14.1. The van der Waals surface area contributed by atoms with Gasteiger partial charge in [0.2, 0.25) is 0 Å². The maximum atomic E-state index is 11.9. The Labute approximate surface area is 198 Å². The SMILES string of the molecule is CC(C)CNCCn1c(Sc2cc3c(cc2I)N(C)C(=O)CO3)nc2c(N)ncnc21. The van der Waals surface area contributed by atoms with Crippen molar-refractivity contribution in [2.45, 2.75) is 30.4 Å². The zero-order valence-corrected chi connectivity index (χ0v) is 20.5. The van der Waals surface area contributed by atoms with Crippen LogP contribution in [-0.2, 0) is 11.3 Å². The molecule has 2 aromatic heterocycles. The van der Waals surface area contributed by atoms with Crippen LogP contribution in [0.5, 0.6) is 5.75 Å². The number of nitrogens with two attached hydrogens (primary N) is 1. The van der Waals surface area contributed by atoms with E-state index in [1.807, 2.05) is 12.1 Å². The van der Waals surface area contributed by atoms with E-state index in [4.69, 9.17) is 15.5 Å². The zero-order chi connectivity index (χ0) is 22.1. The number of halogens is 1. The van der Waals surface area contributed by atoms with E-state index in [0.717, 1.165) is 38.0 Å². The van der Waals surface area contributed by atoms with Crippen molar-refractivity contribution in [3.8, 4) is 5.75 Å². The number of likely N-dealkylation sites (N-methyl/N-ethyl adjacent to an activating group) is 1. The summed E-state index contributed by atoms with van der Waals surface area (Å²) in [6, 6.07) is 3.92. The van der Waals surface area contributed by atoms with Crippen molar-refractivity contribution >= 4 is 62.9 Å². The van der Waals surface area contributed by atoms with Crippen LogP contribution in [0.15, 0.2) is 28.5 Å². The molecule has 1 aromatic carbocycles. The summed E-state index contributed by atoms with van der Waals surface area (Å²) < 4.78 is 8.73. The molecule has 3 N–H and O–H groups in total. The molecule has 3 heterocycles. The summed E-state index contributed by atoms with van der Waals surface area (Å²) in [6.07, 6.45) is 1.47. The van der Waals surface area contributed by atoms with Crippen LogP contribution < -0.4 is 20.7 Å². The molecule has 0 atom stereocenters. The minimum absolute atomic E-state index is 0.0420. The Bertz CT molecular complexity index is 1130. The average molecular weight is 553 g/mol. The van der Waals surface area contributed by atoms with Crippen molar-refractivity contribution in [1.82, 2.24) is 24.8 Å². The van der Waals surface area contributed by atoms with E-state index in [1.54, 1.807) is 11.9 Å². The monoisotopic (exact) mass is 553 g/mol. The van der Waals surface area contributed by atoms with Crippen molar-refractivity contribution in [2.75, 3.05) is 37.4 Å². The largest absolute Gasteiger partial charge is 0.482 e. The Kier molecular flexibility index (Phi) is 6.53. The zero-order valence-electron chi connectivity index (χ0n) is 17.6. The molecular formula is C20H24IN7O2S. The molecule has 0 aliphatic carbocycles. The number of fused-ring (bicyclic) bond motifs is 2. The van der Waals surface area contributed by atoms with Gasteiger partial charge in [-0.2, -0.15) is 0 Å². The van der Waals surface area contributed by atoms with E-state index in [9.17, 15) is 4.79 Å². The number of nitrogen functional groups attached to an aromatic ring is 1. The third-order valence-electron chi connectivity index (χ3n) is 4.89. The van der Waals surface area contributed by atoms with Gasteiger partial charge in [0.15, 0.2) is 28.7 Å². The van der Waals surface area contributed by atoms with Gasteiger partial charge in [-0.15, -0.1) is 0 Å². The van der Waals surface area contributed by atoms with Crippen LogP contribution in [0.25, 0.3) is 11.2 Å². The first-order valence-electron chi connectivity index (χ1n) is 9.93. The predicted molar refractivity (Wildman–Crippen MR) is 130 cm³/mol. The fraction of sp³-hybridized carbons (Fsp3) is 0.400. The fourth-order valence-electron chi connectivity index (χ4n) is 3.24. The Morgan fingerprint density at radius 3 is 2.94 bits per heavy atom. The third-order valence-corrected chi connectivity index (χ3v) is 7.20. The molecular weight excluding hydrogens is 529 g/mol. The van der Waals surface area contributed by atoms with Gasteiger partial charge >= 0.3 is 0 Å². The number of imidazole rings is 1. The molecule has 0 spiro atoms. The molecule has 11 heteroatoms. The molecule has 3 aromatic rings. The first-order chi connectivity index (χ1) is 14.8. The van der Waals surface area contributed by atoms with Gasteiger partial charge in [0.1, 0.15) is 12.1 Å². The van der Waals surface area contributed by atoms with E-state index in [2.05, 4.69) is 56.3 Å². The van der Waals surface area contributed by atoms with Gasteiger partial charge in [0.25, 0.3) is 5.91 Å². The van der Waals surface area contributed by atoms with E-state index in [1.165, 1.54) is 18.1 Å². The topological polar surface area (TPSA) is 111 Å². The summed E-state index contributed by atoms with van der Waals surface area (Å²) in [7, 11) is 1.76. The Morgan fingerprint density at radius 1 is 1.35 bits per heavy atom. The number of carbonyl (C=O) groups excluding carboxylic acids is 1. The van der Waals surface area contributed by atoms with Crippen LogP contribution in [0.4, 0.5) is 11.5 Å². The summed E-state index contributed by atoms with van der Waals surface area (Å²) >= 11 is 3.80. The van der Waals surface area contributed by atoms with Crippen LogP contribution in [0.3, 0.4) is 0 Å². The maximum Gasteiger partial charge on any atom is 0.264 e. The van der Waals surface area contributed by atoms with Crippen LogP contribution in [0.1, 0.15) is 13.8 Å². The molecule has 0 saturated carbocycles. The molecule has 0 fully saturated rings. The lowest BCUT2D eigenvalue weighted by atomic mass is 10.2. The number of benzene rings is 1. The fourth-order valence-corrected chi connectivity index (χ4v) is 4.97. The Hall–Kier alpha value is -2.12. The van der Waals surface area contributed by atoms with Crippen molar-refractivity contribution in [1.29, 1.82) is 0 Å². The molecule has 31 heavy (non-hydrogen) atoms. The molecule has 0 bridgehead atoms. The van der Waals surface area contributed by atoms with Gasteiger partial charge in [0.05, 0.1) is 5.69 Å². The summed E-state index contributed by atoms with van der Waals surface area (Å²) in [5, 5.41) is 4.25. The lowest BCUT2D eigenvalue weighted by molar-refractivity contribution is -0.120. The molecule has 0 radical (unpaired) electrons. The summed E-state index contributed by atoms with van der Waals surface area (Å²) in [6.45, 7) is 6.84. The number of anilines is 2. The second-order valence-electron chi connectivity index (χ2n) is 7.67. The highest BCUT2D eigenvalue weighted by Crippen LogP contribution is 2.41. The van der Waals surface area contributed by atoms with Crippen molar-refractivity contribution in [2.24, 2.45) is 5.92 Å². The Balaban J connectivity index is 1.67. The first kappa shape index (κ1) is 22.1. The van der Waals surface area contributed by atoms with Crippen LogP contribution >= 0.6 is 34.4 Å². The molecule has 9 nitrogen and oxygen atoms in total. The van der Waals surface area contributed by atoms with Crippen molar-refractivity contribution < 1.29 is 9.53 Å². The van der Waals surface area contributed by atoms with E-state index < -0.39 is 0 Å². The van der Waals surface area contributed by atoms with E-state index in [-0.39, 0.29) is 12.5 Å². The molecule has 4 rings (SSSR count). The number of amides is 1. The number of nitrogens with zero attached hydrogens (tertiary/aromatic N) is 5. The summed E-state index contributed by atoms with van der Waals surface area (Å²) in [5.74, 6) is 1.57. The van der Waals surface area contributed by atoms with Crippen molar-refractivity contribution in [3.05, 3.63) is 22.0 Å². The van der Waals surface area contributed by atoms with Gasteiger partial charge in [-0.25, -0.2) is 15.0 Å². The minimum Gasteiger partial charge on any atom is -0.482 e. The van der Waals surface area contributed by atoms with Gasteiger partial charge in [-0.05, 0) is 47.2 Å². The average Bonchev–Trinajstić information content (AvgIpc) is 3.08. The number of nitrogens with one attached hydrogen (secondary N) is 1. The second kappa shape index (κ2) is 9.17. The number of hydrogen-bond acceptors (Lipinski definition) is 8. The number of hydrogen-bond donors (Lipinski definition) is 2. The van der Waals surface area contributed by atoms with Crippen LogP contribution in [-0.4, -0.2) is 52.2 Å². The Morgan fingerprint density at radius 2 is 2.16 bits per heavy atom. The number of carbonyl (C=O) groups is 1.